The number of benzene rings is 1. The number of nitrogens with one attached hydrogen (secondary N) is 1. The van der Waals surface area contributed by atoms with E-state index in [1.807, 2.05) is 0 Å². The Morgan fingerprint density at radius 2 is 2.04 bits per heavy atom. The van der Waals surface area contributed by atoms with Gasteiger partial charge in [-0.15, -0.1) is 10.2 Å². The van der Waals surface area contributed by atoms with Gasteiger partial charge in [0.05, 0.1) is 5.69 Å². The maximum absolute atomic E-state index is 13.0. The number of carbonyl (C=O) groups excluding carboxylic acids is 1. The predicted molar refractivity (Wildman–Crippen MR) is 95.1 cm³/mol. The number of aryl methyl sites for hydroxylation is 2. The fraction of sp³-hybridized carbons (Fsp3) is 0.294. The summed E-state index contributed by atoms with van der Waals surface area (Å²) in [5, 5.41) is 16.5. The van der Waals surface area contributed by atoms with Crippen molar-refractivity contribution < 1.29 is 9.18 Å². The maximum atomic E-state index is 13.0. The summed E-state index contributed by atoms with van der Waals surface area (Å²) >= 11 is 1.38. The first-order valence-electron chi connectivity index (χ1n) is 8.00. The smallest absolute Gasteiger partial charge is 0.275 e. The van der Waals surface area contributed by atoms with Crippen LogP contribution < -0.4 is 5.32 Å². The third-order valence-electron chi connectivity index (χ3n) is 3.68. The molecule has 0 spiro atoms. The van der Waals surface area contributed by atoms with E-state index in [0.29, 0.717) is 16.5 Å². The molecule has 0 saturated carbocycles. The molecule has 0 unspecified atom stereocenters. The molecule has 1 aromatic carbocycles. The van der Waals surface area contributed by atoms with Gasteiger partial charge in [0, 0.05) is 19.0 Å². The van der Waals surface area contributed by atoms with Crippen LogP contribution in [0.25, 0.3) is 11.3 Å². The second kappa shape index (κ2) is 7.52. The Hall–Kier alpha value is -2.61. The zero-order valence-electron chi connectivity index (χ0n) is 14.0. The normalized spacial score (nSPS) is 10.8. The van der Waals surface area contributed by atoms with E-state index in [9.17, 15) is 9.18 Å². The van der Waals surface area contributed by atoms with Gasteiger partial charge in [-0.3, -0.25) is 14.8 Å². The SMILES string of the molecule is CCCCc1nnc(NC(=O)c2cc(-c3ccc(F)cc3)nn2C)s1. The first-order valence-corrected chi connectivity index (χ1v) is 8.82. The number of aromatic nitrogens is 4. The average molecular weight is 359 g/mol. The third-order valence-corrected chi connectivity index (χ3v) is 4.58. The molecule has 8 heteroatoms. The van der Waals surface area contributed by atoms with Crippen LogP contribution in [0.5, 0.6) is 0 Å². The number of anilines is 1. The van der Waals surface area contributed by atoms with E-state index in [2.05, 4.69) is 27.5 Å². The van der Waals surface area contributed by atoms with Crippen LogP contribution in [-0.4, -0.2) is 25.9 Å². The molecule has 1 N–H and O–H groups in total. The van der Waals surface area contributed by atoms with Gasteiger partial charge in [-0.25, -0.2) is 4.39 Å². The number of amides is 1. The van der Waals surface area contributed by atoms with Gasteiger partial charge in [0.25, 0.3) is 5.91 Å². The first kappa shape index (κ1) is 17.2. The van der Waals surface area contributed by atoms with Gasteiger partial charge in [-0.2, -0.15) is 5.10 Å². The Kier molecular flexibility index (Phi) is 5.18. The van der Waals surface area contributed by atoms with Crippen LogP contribution in [-0.2, 0) is 13.5 Å². The molecule has 2 aromatic heterocycles. The molecule has 0 saturated heterocycles. The highest BCUT2D eigenvalue weighted by atomic mass is 32.1. The zero-order chi connectivity index (χ0) is 17.8. The molecule has 0 radical (unpaired) electrons. The van der Waals surface area contributed by atoms with Crippen LogP contribution in [0.4, 0.5) is 9.52 Å². The van der Waals surface area contributed by atoms with E-state index in [1.54, 1.807) is 25.2 Å². The Balaban J connectivity index is 1.74. The second-order valence-electron chi connectivity index (χ2n) is 5.60. The molecule has 0 aliphatic rings. The zero-order valence-corrected chi connectivity index (χ0v) is 14.8. The van der Waals surface area contributed by atoms with Crippen LogP contribution in [0.1, 0.15) is 35.3 Å². The highest BCUT2D eigenvalue weighted by Crippen LogP contribution is 2.21. The van der Waals surface area contributed by atoms with Crippen molar-refractivity contribution in [1.29, 1.82) is 0 Å². The molecule has 25 heavy (non-hydrogen) atoms. The van der Waals surface area contributed by atoms with Crippen molar-refractivity contribution in [1.82, 2.24) is 20.0 Å². The number of nitrogens with zero attached hydrogens (tertiary/aromatic N) is 4. The molecule has 0 aliphatic heterocycles. The summed E-state index contributed by atoms with van der Waals surface area (Å²) in [7, 11) is 1.69. The van der Waals surface area contributed by atoms with Crippen molar-refractivity contribution in [2.45, 2.75) is 26.2 Å². The van der Waals surface area contributed by atoms with E-state index in [4.69, 9.17) is 0 Å². The van der Waals surface area contributed by atoms with Gasteiger partial charge in [0.15, 0.2) is 0 Å². The van der Waals surface area contributed by atoms with Crippen molar-refractivity contribution in [3.63, 3.8) is 0 Å². The van der Waals surface area contributed by atoms with Crippen LogP contribution in [0.15, 0.2) is 30.3 Å². The topological polar surface area (TPSA) is 72.7 Å². The Morgan fingerprint density at radius 3 is 2.76 bits per heavy atom. The summed E-state index contributed by atoms with van der Waals surface area (Å²) in [5.41, 5.74) is 1.74. The van der Waals surface area contributed by atoms with Gasteiger partial charge in [-0.1, -0.05) is 24.7 Å². The average Bonchev–Trinajstić information content (AvgIpc) is 3.20. The minimum atomic E-state index is -0.312. The van der Waals surface area contributed by atoms with Gasteiger partial charge < -0.3 is 0 Å². The number of rotatable bonds is 6. The van der Waals surface area contributed by atoms with Crippen molar-refractivity contribution in [2.75, 3.05) is 5.32 Å². The standard InChI is InChI=1S/C17H18FN5OS/c1-3-4-5-15-20-21-17(25-15)19-16(24)14-10-13(22-23(14)2)11-6-8-12(18)9-7-11/h6-10H,3-5H2,1-2H3,(H,19,21,24). The maximum Gasteiger partial charge on any atom is 0.275 e. The van der Waals surface area contributed by atoms with Crippen LogP contribution >= 0.6 is 11.3 Å². The number of hydrogen-bond donors (Lipinski definition) is 1. The molecule has 130 valence electrons. The lowest BCUT2D eigenvalue weighted by Gasteiger charge is -2.00. The summed E-state index contributed by atoms with van der Waals surface area (Å²) in [6.07, 6.45) is 3.00. The van der Waals surface area contributed by atoms with E-state index in [-0.39, 0.29) is 11.7 Å². The molecule has 6 nitrogen and oxygen atoms in total. The van der Waals surface area contributed by atoms with E-state index >= 15 is 0 Å². The monoisotopic (exact) mass is 359 g/mol. The van der Waals surface area contributed by atoms with Crippen molar-refractivity contribution >= 4 is 22.4 Å². The summed E-state index contributed by atoms with van der Waals surface area (Å²) in [6, 6.07) is 7.65. The summed E-state index contributed by atoms with van der Waals surface area (Å²) in [5.74, 6) is -0.616. The fourth-order valence-corrected chi connectivity index (χ4v) is 3.11. The van der Waals surface area contributed by atoms with Crippen molar-refractivity contribution in [3.05, 3.63) is 46.9 Å². The Morgan fingerprint density at radius 1 is 1.28 bits per heavy atom. The molecule has 0 bridgehead atoms. The van der Waals surface area contributed by atoms with Gasteiger partial charge in [-0.05, 0) is 36.8 Å². The second-order valence-corrected chi connectivity index (χ2v) is 6.67. The summed E-state index contributed by atoms with van der Waals surface area (Å²) < 4.78 is 14.5. The van der Waals surface area contributed by atoms with Crippen molar-refractivity contribution in [3.8, 4) is 11.3 Å². The summed E-state index contributed by atoms with van der Waals surface area (Å²) in [4.78, 5) is 12.5. The number of halogens is 1. The molecule has 3 rings (SSSR count). The lowest BCUT2D eigenvalue weighted by atomic mass is 10.1. The highest BCUT2D eigenvalue weighted by Gasteiger charge is 2.16. The molecular formula is C17H18FN5OS. The molecule has 1 amide bonds. The largest absolute Gasteiger partial charge is 0.295 e. The Bertz CT molecular complexity index is 872. The van der Waals surface area contributed by atoms with Crippen LogP contribution in [0.2, 0.25) is 0 Å². The molecule has 3 aromatic rings. The molecular weight excluding hydrogens is 341 g/mol. The lowest BCUT2D eigenvalue weighted by Crippen LogP contribution is -2.15. The number of hydrogen-bond acceptors (Lipinski definition) is 5. The van der Waals surface area contributed by atoms with Gasteiger partial charge >= 0.3 is 0 Å². The quantitative estimate of drug-likeness (QED) is 0.729. The molecule has 0 aliphatic carbocycles. The lowest BCUT2D eigenvalue weighted by molar-refractivity contribution is 0.101. The first-order chi connectivity index (χ1) is 12.1. The van der Waals surface area contributed by atoms with E-state index in [1.165, 1.54) is 28.2 Å². The van der Waals surface area contributed by atoms with E-state index < -0.39 is 0 Å². The molecule has 0 atom stereocenters. The predicted octanol–water partition coefficient (Wildman–Crippen LogP) is 3.67. The van der Waals surface area contributed by atoms with Gasteiger partial charge in [0.2, 0.25) is 5.13 Å². The summed E-state index contributed by atoms with van der Waals surface area (Å²) in [6.45, 7) is 2.12. The fourth-order valence-electron chi connectivity index (χ4n) is 2.34. The minimum absolute atomic E-state index is 0.304. The number of carbonyl (C=O) groups is 1. The van der Waals surface area contributed by atoms with Crippen LogP contribution in [0.3, 0.4) is 0 Å². The minimum Gasteiger partial charge on any atom is -0.295 e. The van der Waals surface area contributed by atoms with E-state index in [0.717, 1.165) is 29.8 Å². The third kappa shape index (κ3) is 4.08. The Labute approximate surface area is 148 Å². The van der Waals surface area contributed by atoms with Crippen molar-refractivity contribution in [2.24, 2.45) is 7.05 Å². The van der Waals surface area contributed by atoms with Gasteiger partial charge in [0.1, 0.15) is 16.5 Å². The van der Waals surface area contributed by atoms with Crippen LogP contribution in [0, 0.1) is 5.82 Å². The highest BCUT2D eigenvalue weighted by molar-refractivity contribution is 7.15. The molecule has 2 heterocycles. The molecule has 0 fully saturated rings. The number of unbranched alkanes of at least 4 members (excludes halogenated alkanes) is 1.